The van der Waals surface area contributed by atoms with Crippen molar-refractivity contribution in [2.24, 2.45) is 5.92 Å². The van der Waals surface area contributed by atoms with Crippen LogP contribution in [0.25, 0.3) is 0 Å². The Balaban J connectivity index is 3.19. The molecule has 23 heavy (non-hydrogen) atoms. The molecule has 0 aliphatic heterocycles. The van der Waals surface area contributed by atoms with E-state index in [-0.39, 0.29) is 6.07 Å². The second-order valence-corrected chi connectivity index (χ2v) is 4.21. The first-order valence-corrected chi connectivity index (χ1v) is 5.42. The third-order valence-corrected chi connectivity index (χ3v) is 2.41. The molecule has 0 aliphatic carbocycles. The van der Waals surface area contributed by atoms with Gasteiger partial charge in [-0.25, -0.2) is 0 Å². The minimum atomic E-state index is -6.43. The smallest absolute Gasteiger partial charge is 0.418 e. The fourth-order valence-electron chi connectivity index (χ4n) is 1.52. The van der Waals surface area contributed by atoms with E-state index in [0.29, 0.717) is 18.2 Å². The summed E-state index contributed by atoms with van der Waals surface area (Å²) in [4.78, 5) is 0. The van der Waals surface area contributed by atoms with Gasteiger partial charge in [-0.3, -0.25) is 0 Å². The Bertz CT molecular complexity index is 526. The third kappa shape index (κ3) is 4.86. The SMILES string of the molecule is FC(F)(F)c1cccc(OC(F)(F)C(C(F)(F)F)C(F)(F)F)c1. The summed E-state index contributed by atoms with van der Waals surface area (Å²) in [5.41, 5.74) is -1.58. The molecule has 0 aromatic heterocycles. The van der Waals surface area contributed by atoms with E-state index >= 15 is 0 Å². The topological polar surface area (TPSA) is 9.23 Å². The molecule has 1 aromatic carbocycles. The van der Waals surface area contributed by atoms with Crippen LogP contribution in [0.15, 0.2) is 24.3 Å². The molecule has 0 atom stereocenters. The van der Waals surface area contributed by atoms with Crippen molar-refractivity contribution in [3.63, 3.8) is 0 Å². The molecule has 0 amide bonds. The van der Waals surface area contributed by atoms with E-state index < -0.39 is 41.9 Å². The van der Waals surface area contributed by atoms with Crippen molar-refractivity contribution < 1.29 is 53.0 Å². The summed E-state index contributed by atoms with van der Waals surface area (Å²) in [7, 11) is 0. The molecular weight excluding hydrogens is 357 g/mol. The Morgan fingerprint density at radius 2 is 1.22 bits per heavy atom. The largest absolute Gasteiger partial charge is 0.432 e. The number of alkyl halides is 11. The Morgan fingerprint density at radius 1 is 0.739 bits per heavy atom. The van der Waals surface area contributed by atoms with E-state index in [1.807, 2.05) is 0 Å². The summed E-state index contributed by atoms with van der Waals surface area (Å²) in [6.45, 7) is 0. The van der Waals surface area contributed by atoms with Crippen molar-refractivity contribution >= 4 is 0 Å². The molecule has 0 fully saturated rings. The van der Waals surface area contributed by atoms with Crippen LogP contribution in [-0.4, -0.2) is 18.5 Å². The molecule has 0 saturated carbocycles. The molecule has 1 aromatic rings. The highest BCUT2D eigenvalue weighted by Crippen LogP contribution is 2.48. The Hall–Kier alpha value is -1.75. The first kappa shape index (κ1) is 19.3. The molecule has 0 radical (unpaired) electrons. The molecule has 0 heterocycles. The molecule has 0 spiro atoms. The van der Waals surface area contributed by atoms with E-state index in [1.54, 1.807) is 0 Å². The van der Waals surface area contributed by atoms with Gasteiger partial charge in [0.2, 0.25) is 0 Å². The quantitative estimate of drug-likeness (QED) is 0.653. The van der Waals surface area contributed by atoms with Crippen LogP contribution in [0.2, 0.25) is 0 Å². The molecule has 1 nitrogen and oxygen atoms in total. The number of hydrogen-bond acceptors (Lipinski definition) is 1. The predicted octanol–water partition coefficient (Wildman–Crippen LogP) is 5.42. The van der Waals surface area contributed by atoms with Crippen LogP contribution in [0.5, 0.6) is 5.75 Å². The number of benzene rings is 1. The van der Waals surface area contributed by atoms with Gasteiger partial charge < -0.3 is 4.74 Å². The first-order chi connectivity index (χ1) is 10.0. The molecule has 0 aliphatic rings. The lowest BCUT2D eigenvalue weighted by molar-refractivity contribution is -0.379. The van der Waals surface area contributed by atoms with Crippen LogP contribution in [0.4, 0.5) is 48.3 Å². The maximum atomic E-state index is 13.3. The van der Waals surface area contributed by atoms with Crippen molar-refractivity contribution in [1.82, 2.24) is 0 Å². The van der Waals surface area contributed by atoms with Gasteiger partial charge in [-0.05, 0) is 18.2 Å². The highest BCUT2D eigenvalue weighted by molar-refractivity contribution is 5.30. The molecule has 0 saturated heterocycles. The number of halogens is 11. The second kappa shape index (κ2) is 5.71. The maximum absolute atomic E-state index is 13.3. The van der Waals surface area contributed by atoms with Gasteiger partial charge in [0, 0.05) is 0 Å². The van der Waals surface area contributed by atoms with E-state index in [4.69, 9.17) is 0 Å². The summed E-state index contributed by atoms with van der Waals surface area (Å²) in [6.07, 6.45) is -23.8. The summed E-state index contributed by atoms with van der Waals surface area (Å²) in [5.74, 6) is -6.69. The van der Waals surface area contributed by atoms with E-state index in [0.717, 1.165) is 0 Å². The zero-order valence-electron chi connectivity index (χ0n) is 10.5. The normalized spacial score (nSPS) is 14.3. The Kier molecular flexibility index (Phi) is 4.79. The minimum Gasteiger partial charge on any atom is -0.432 e. The monoisotopic (exact) mass is 362 g/mol. The van der Waals surface area contributed by atoms with Crippen LogP contribution in [0, 0.1) is 5.92 Å². The van der Waals surface area contributed by atoms with Crippen LogP contribution in [0.1, 0.15) is 5.56 Å². The Morgan fingerprint density at radius 3 is 1.61 bits per heavy atom. The average Bonchev–Trinajstić information content (AvgIpc) is 2.21. The predicted molar refractivity (Wildman–Crippen MR) is 52.6 cm³/mol. The van der Waals surface area contributed by atoms with E-state index in [1.165, 1.54) is 0 Å². The van der Waals surface area contributed by atoms with E-state index in [9.17, 15) is 48.3 Å². The number of ether oxygens (including phenoxy) is 1. The highest BCUT2D eigenvalue weighted by atomic mass is 19.4. The van der Waals surface area contributed by atoms with Gasteiger partial charge in [0.1, 0.15) is 5.75 Å². The number of rotatable bonds is 3. The van der Waals surface area contributed by atoms with Crippen molar-refractivity contribution in [1.29, 1.82) is 0 Å². The van der Waals surface area contributed by atoms with Crippen LogP contribution < -0.4 is 4.74 Å². The Labute approximate surface area is 120 Å². The molecule has 0 N–H and O–H groups in total. The van der Waals surface area contributed by atoms with Crippen molar-refractivity contribution in [3.8, 4) is 5.75 Å². The lowest BCUT2D eigenvalue weighted by Crippen LogP contribution is -2.51. The van der Waals surface area contributed by atoms with Gasteiger partial charge in [-0.2, -0.15) is 48.3 Å². The van der Waals surface area contributed by atoms with Crippen molar-refractivity contribution in [3.05, 3.63) is 29.8 Å². The molecule has 0 bridgehead atoms. The van der Waals surface area contributed by atoms with Gasteiger partial charge in [0.05, 0.1) is 5.56 Å². The lowest BCUT2D eigenvalue weighted by atomic mass is 10.1. The highest BCUT2D eigenvalue weighted by Gasteiger charge is 2.71. The summed E-state index contributed by atoms with van der Waals surface area (Å²) in [6, 6.07) is 1.09. The van der Waals surface area contributed by atoms with Crippen molar-refractivity contribution in [2.45, 2.75) is 24.6 Å². The number of hydrogen-bond donors (Lipinski definition) is 0. The van der Waals surface area contributed by atoms with Crippen LogP contribution in [0.3, 0.4) is 0 Å². The molecule has 132 valence electrons. The molecule has 12 heteroatoms. The van der Waals surface area contributed by atoms with Crippen molar-refractivity contribution in [2.75, 3.05) is 0 Å². The fourth-order valence-corrected chi connectivity index (χ4v) is 1.52. The van der Waals surface area contributed by atoms with Gasteiger partial charge in [-0.15, -0.1) is 0 Å². The first-order valence-electron chi connectivity index (χ1n) is 5.42. The lowest BCUT2D eigenvalue weighted by Gasteiger charge is -2.30. The van der Waals surface area contributed by atoms with Crippen LogP contribution >= 0.6 is 0 Å². The fraction of sp³-hybridized carbons (Fsp3) is 0.455. The standard InChI is InChI=1S/C11H5F11O/c12-8(13,14)5-2-1-3-6(4-5)23-11(21,22)7(9(15,16)17)10(18,19)20/h1-4,7H. The van der Waals surface area contributed by atoms with Crippen LogP contribution in [-0.2, 0) is 6.18 Å². The van der Waals surface area contributed by atoms with Gasteiger partial charge >= 0.3 is 24.6 Å². The zero-order valence-corrected chi connectivity index (χ0v) is 10.5. The third-order valence-electron chi connectivity index (χ3n) is 2.41. The van der Waals surface area contributed by atoms with E-state index in [2.05, 4.69) is 4.74 Å². The second-order valence-electron chi connectivity index (χ2n) is 4.21. The maximum Gasteiger partial charge on any atom is 0.418 e. The average molecular weight is 362 g/mol. The summed E-state index contributed by atoms with van der Waals surface area (Å²) >= 11 is 0. The van der Waals surface area contributed by atoms with Gasteiger partial charge in [0.15, 0.2) is 0 Å². The zero-order chi connectivity index (χ0) is 18.3. The summed E-state index contributed by atoms with van der Waals surface area (Å²) in [5, 5.41) is 0. The minimum absolute atomic E-state index is 0.141. The molecule has 1 rings (SSSR count). The molecular formula is C11H5F11O. The molecule has 0 unspecified atom stereocenters. The van der Waals surface area contributed by atoms with Gasteiger partial charge in [0.25, 0.3) is 5.92 Å². The summed E-state index contributed by atoms with van der Waals surface area (Å²) < 4.78 is 140. The van der Waals surface area contributed by atoms with Gasteiger partial charge in [-0.1, -0.05) is 6.07 Å².